The molecule has 1 nitrogen and oxygen atoms in total. The molecular formula is C14H15F2NS. The quantitative estimate of drug-likeness (QED) is 0.863. The van der Waals surface area contributed by atoms with Crippen LogP contribution in [0.3, 0.4) is 0 Å². The van der Waals surface area contributed by atoms with Gasteiger partial charge in [0.15, 0.2) is 0 Å². The second kappa shape index (κ2) is 5.59. The van der Waals surface area contributed by atoms with Crippen LogP contribution in [0.2, 0.25) is 0 Å². The minimum atomic E-state index is -0.539. The zero-order valence-corrected chi connectivity index (χ0v) is 11.1. The molecule has 0 aliphatic rings. The van der Waals surface area contributed by atoms with Crippen molar-refractivity contribution in [1.29, 1.82) is 0 Å². The first kappa shape index (κ1) is 13.2. The summed E-state index contributed by atoms with van der Waals surface area (Å²) in [6.45, 7) is 3.94. The maximum atomic E-state index is 13.1. The van der Waals surface area contributed by atoms with Gasteiger partial charge in [-0.15, -0.1) is 11.3 Å². The van der Waals surface area contributed by atoms with E-state index < -0.39 is 11.6 Å². The highest BCUT2D eigenvalue weighted by Gasteiger charge is 2.13. The largest absolute Gasteiger partial charge is 0.303 e. The number of halogens is 2. The zero-order valence-electron chi connectivity index (χ0n) is 10.3. The predicted octanol–water partition coefficient (Wildman–Crippen LogP) is 4.44. The lowest BCUT2D eigenvalue weighted by atomic mass is 10.1. The Hall–Kier alpha value is -1.26. The molecule has 0 aliphatic heterocycles. The third-order valence-corrected chi connectivity index (χ3v) is 3.91. The van der Waals surface area contributed by atoms with Gasteiger partial charge >= 0.3 is 0 Å². The van der Waals surface area contributed by atoms with Crippen molar-refractivity contribution in [2.75, 3.05) is 0 Å². The second-order valence-electron chi connectivity index (χ2n) is 4.33. The van der Waals surface area contributed by atoms with E-state index in [2.05, 4.69) is 5.32 Å². The first-order chi connectivity index (χ1) is 8.56. The third kappa shape index (κ3) is 3.15. The van der Waals surface area contributed by atoms with Crippen LogP contribution in [0, 0.1) is 11.6 Å². The Morgan fingerprint density at radius 2 is 1.72 bits per heavy atom. The highest BCUT2D eigenvalue weighted by Crippen LogP contribution is 2.23. The molecule has 18 heavy (non-hydrogen) atoms. The van der Waals surface area contributed by atoms with Crippen molar-refractivity contribution in [3.8, 4) is 0 Å². The predicted molar refractivity (Wildman–Crippen MR) is 70.6 cm³/mol. The lowest BCUT2D eigenvalue weighted by Gasteiger charge is -2.19. The highest BCUT2D eigenvalue weighted by atomic mass is 32.1. The van der Waals surface area contributed by atoms with Crippen LogP contribution in [0.25, 0.3) is 0 Å². The number of hydrogen-bond donors (Lipinski definition) is 1. The van der Waals surface area contributed by atoms with Crippen LogP contribution in [-0.4, -0.2) is 0 Å². The number of thiophene rings is 1. The molecule has 0 bridgehead atoms. The molecular weight excluding hydrogens is 252 g/mol. The molecule has 2 aromatic rings. The SMILES string of the molecule is CC(NC(C)c1cccs1)c1cc(F)cc(F)c1. The van der Waals surface area contributed by atoms with Crippen molar-refractivity contribution in [2.45, 2.75) is 25.9 Å². The molecule has 96 valence electrons. The van der Waals surface area contributed by atoms with Crippen LogP contribution in [0.5, 0.6) is 0 Å². The Bertz CT molecular complexity index is 490. The fraction of sp³-hybridized carbons (Fsp3) is 0.286. The number of nitrogens with one attached hydrogen (secondary N) is 1. The topological polar surface area (TPSA) is 12.0 Å². The molecule has 0 fully saturated rings. The Balaban J connectivity index is 2.09. The van der Waals surface area contributed by atoms with Gasteiger partial charge in [-0.05, 0) is 43.0 Å². The van der Waals surface area contributed by atoms with Gasteiger partial charge in [-0.3, -0.25) is 0 Å². The molecule has 1 N–H and O–H groups in total. The molecule has 4 heteroatoms. The molecule has 2 unspecified atom stereocenters. The Kier molecular flexibility index (Phi) is 4.09. The maximum absolute atomic E-state index is 13.1. The Labute approximate surface area is 109 Å². The summed E-state index contributed by atoms with van der Waals surface area (Å²) in [5.41, 5.74) is 0.621. The van der Waals surface area contributed by atoms with Gasteiger partial charge in [0.1, 0.15) is 11.6 Å². The van der Waals surface area contributed by atoms with Crippen LogP contribution < -0.4 is 5.32 Å². The minimum absolute atomic E-state index is 0.104. The summed E-state index contributed by atoms with van der Waals surface area (Å²) in [6.07, 6.45) is 0. The van der Waals surface area contributed by atoms with E-state index in [1.807, 2.05) is 31.4 Å². The van der Waals surface area contributed by atoms with E-state index in [1.54, 1.807) is 11.3 Å². The fourth-order valence-electron chi connectivity index (χ4n) is 1.92. The lowest BCUT2D eigenvalue weighted by molar-refractivity contribution is 0.492. The normalized spacial score (nSPS) is 14.4. The van der Waals surface area contributed by atoms with E-state index in [-0.39, 0.29) is 12.1 Å². The molecule has 0 radical (unpaired) electrons. The van der Waals surface area contributed by atoms with Crippen LogP contribution in [0.4, 0.5) is 8.78 Å². The highest BCUT2D eigenvalue weighted by molar-refractivity contribution is 7.10. The minimum Gasteiger partial charge on any atom is -0.303 e. The van der Waals surface area contributed by atoms with Gasteiger partial charge in [0.25, 0.3) is 0 Å². The van der Waals surface area contributed by atoms with Crippen molar-refractivity contribution >= 4 is 11.3 Å². The van der Waals surface area contributed by atoms with E-state index in [1.165, 1.54) is 17.0 Å². The van der Waals surface area contributed by atoms with Gasteiger partial charge in [0, 0.05) is 23.0 Å². The number of hydrogen-bond acceptors (Lipinski definition) is 2. The summed E-state index contributed by atoms with van der Waals surface area (Å²) < 4.78 is 26.3. The van der Waals surface area contributed by atoms with Crippen LogP contribution in [0.1, 0.15) is 36.4 Å². The average Bonchev–Trinajstić information content (AvgIpc) is 2.80. The van der Waals surface area contributed by atoms with E-state index in [0.717, 1.165) is 6.07 Å². The molecule has 1 aromatic heterocycles. The summed E-state index contributed by atoms with van der Waals surface area (Å²) >= 11 is 1.66. The summed E-state index contributed by atoms with van der Waals surface area (Å²) in [4.78, 5) is 1.21. The van der Waals surface area contributed by atoms with E-state index >= 15 is 0 Å². The smallest absolute Gasteiger partial charge is 0.126 e. The molecule has 1 heterocycles. The van der Waals surface area contributed by atoms with Crippen LogP contribution in [-0.2, 0) is 0 Å². The first-order valence-corrected chi connectivity index (χ1v) is 6.69. The van der Waals surface area contributed by atoms with Gasteiger partial charge in [-0.25, -0.2) is 8.78 Å². The molecule has 0 saturated carbocycles. The first-order valence-electron chi connectivity index (χ1n) is 5.81. The number of rotatable bonds is 4. The van der Waals surface area contributed by atoms with E-state index in [4.69, 9.17) is 0 Å². The van der Waals surface area contributed by atoms with Crippen LogP contribution in [0.15, 0.2) is 35.7 Å². The molecule has 0 amide bonds. The summed E-state index contributed by atoms with van der Waals surface area (Å²) in [5, 5.41) is 5.34. The van der Waals surface area contributed by atoms with Gasteiger partial charge < -0.3 is 5.32 Å². The molecule has 0 saturated heterocycles. The molecule has 2 atom stereocenters. The maximum Gasteiger partial charge on any atom is 0.126 e. The average molecular weight is 267 g/mol. The summed E-state index contributed by atoms with van der Waals surface area (Å²) in [6, 6.07) is 7.70. The lowest BCUT2D eigenvalue weighted by Crippen LogP contribution is -2.22. The summed E-state index contributed by atoms with van der Waals surface area (Å²) in [7, 11) is 0. The Morgan fingerprint density at radius 3 is 2.28 bits per heavy atom. The van der Waals surface area contributed by atoms with Gasteiger partial charge in [0.05, 0.1) is 0 Å². The van der Waals surface area contributed by atoms with E-state index in [9.17, 15) is 8.78 Å². The zero-order chi connectivity index (χ0) is 13.1. The van der Waals surface area contributed by atoms with Crippen molar-refractivity contribution < 1.29 is 8.78 Å². The van der Waals surface area contributed by atoms with Crippen molar-refractivity contribution in [3.63, 3.8) is 0 Å². The monoisotopic (exact) mass is 267 g/mol. The number of benzene rings is 1. The fourth-order valence-corrected chi connectivity index (χ4v) is 2.66. The van der Waals surface area contributed by atoms with E-state index in [0.29, 0.717) is 5.56 Å². The molecule has 0 spiro atoms. The van der Waals surface area contributed by atoms with Crippen molar-refractivity contribution in [2.24, 2.45) is 0 Å². The summed E-state index contributed by atoms with van der Waals surface area (Å²) in [5.74, 6) is -1.08. The molecule has 2 rings (SSSR count). The standard InChI is InChI=1S/C14H15F2NS/c1-9(11-6-12(15)8-13(16)7-11)17-10(2)14-4-3-5-18-14/h3-10,17H,1-2H3. The van der Waals surface area contributed by atoms with Crippen LogP contribution >= 0.6 is 11.3 Å². The molecule has 1 aromatic carbocycles. The van der Waals surface area contributed by atoms with Crippen molar-refractivity contribution in [1.82, 2.24) is 5.32 Å². The Morgan fingerprint density at radius 1 is 1.06 bits per heavy atom. The molecule has 0 aliphatic carbocycles. The van der Waals surface area contributed by atoms with Crippen molar-refractivity contribution in [3.05, 3.63) is 57.8 Å². The van der Waals surface area contributed by atoms with Gasteiger partial charge in [0.2, 0.25) is 0 Å². The third-order valence-electron chi connectivity index (χ3n) is 2.85. The van der Waals surface area contributed by atoms with Gasteiger partial charge in [-0.2, -0.15) is 0 Å². The second-order valence-corrected chi connectivity index (χ2v) is 5.31. The van der Waals surface area contributed by atoms with Gasteiger partial charge in [-0.1, -0.05) is 6.07 Å².